The van der Waals surface area contributed by atoms with Gasteiger partial charge in [-0.25, -0.2) is 0 Å². The number of aromatic nitrogens is 2. The maximum atomic E-state index is 12.2. The largest absolute Gasteiger partial charge is 0.396 e. The number of alkyl halides is 3. The molecule has 102 valence electrons. The Morgan fingerprint density at radius 2 is 1.94 bits per heavy atom. The maximum Gasteiger partial charge on any atom is 0.396 e. The van der Waals surface area contributed by atoms with Crippen LogP contribution in [0.1, 0.15) is 49.9 Å². The van der Waals surface area contributed by atoms with E-state index >= 15 is 0 Å². The molecule has 4 nitrogen and oxygen atoms in total. The van der Waals surface area contributed by atoms with Crippen LogP contribution in [0.15, 0.2) is 4.52 Å². The molecular formula is C11H16F3N3O. The minimum Gasteiger partial charge on any atom is -0.338 e. The molecule has 1 heterocycles. The van der Waals surface area contributed by atoms with E-state index in [-0.39, 0.29) is 17.6 Å². The lowest BCUT2D eigenvalue weighted by Gasteiger charge is -2.24. The van der Waals surface area contributed by atoms with Gasteiger partial charge in [-0.3, -0.25) is 0 Å². The highest BCUT2D eigenvalue weighted by Gasteiger charge is 2.32. The normalized spacial score (nSPS) is 20.0. The molecule has 7 heteroatoms. The Balaban J connectivity index is 2.00. The molecule has 1 aliphatic carbocycles. The maximum absolute atomic E-state index is 12.2. The van der Waals surface area contributed by atoms with E-state index in [2.05, 4.69) is 10.1 Å². The van der Waals surface area contributed by atoms with Crippen molar-refractivity contribution < 1.29 is 17.7 Å². The van der Waals surface area contributed by atoms with Crippen molar-refractivity contribution in [1.82, 2.24) is 10.1 Å². The van der Waals surface area contributed by atoms with E-state index in [1.807, 2.05) is 0 Å². The van der Waals surface area contributed by atoms with Crippen LogP contribution in [0.2, 0.25) is 0 Å². The molecule has 1 fully saturated rings. The molecule has 0 saturated heterocycles. The minimum absolute atomic E-state index is 0.126. The fourth-order valence-electron chi connectivity index (χ4n) is 2.35. The Morgan fingerprint density at radius 3 is 2.56 bits per heavy atom. The van der Waals surface area contributed by atoms with Gasteiger partial charge in [0.15, 0.2) is 5.82 Å². The Hall–Kier alpha value is -1.11. The molecule has 1 unspecified atom stereocenters. The van der Waals surface area contributed by atoms with Crippen LogP contribution in [0.25, 0.3) is 0 Å². The first-order chi connectivity index (χ1) is 8.46. The molecule has 0 aliphatic heterocycles. The molecule has 1 aromatic rings. The summed E-state index contributed by atoms with van der Waals surface area (Å²) in [5, 5.41) is 3.33. The second kappa shape index (κ2) is 5.26. The number of rotatable bonds is 3. The van der Waals surface area contributed by atoms with Crippen molar-refractivity contribution in [2.75, 3.05) is 0 Å². The van der Waals surface area contributed by atoms with E-state index in [0.717, 1.165) is 25.7 Å². The highest BCUT2D eigenvalue weighted by molar-refractivity contribution is 4.96. The lowest BCUT2D eigenvalue weighted by atomic mass is 9.84. The molecule has 2 N–H and O–H groups in total. The van der Waals surface area contributed by atoms with Gasteiger partial charge in [-0.1, -0.05) is 24.4 Å². The molecule has 1 saturated carbocycles. The first kappa shape index (κ1) is 13.3. The minimum atomic E-state index is -4.32. The van der Waals surface area contributed by atoms with Crippen LogP contribution >= 0.6 is 0 Å². The van der Waals surface area contributed by atoms with Gasteiger partial charge >= 0.3 is 6.18 Å². The number of nitrogens with two attached hydrogens (primary N) is 1. The van der Waals surface area contributed by atoms with Gasteiger partial charge in [0.25, 0.3) is 0 Å². The Kier molecular flexibility index (Phi) is 3.89. The number of nitrogens with zero attached hydrogens (tertiary/aromatic N) is 2. The van der Waals surface area contributed by atoms with Gasteiger partial charge in [-0.2, -0.15) is 18.2 Å². The highest BCUT2D eigenvalue weighted by atomic mass is 19.4. The molecule has 18 heavy (non-hydrogen) atoms. The van der Waals surface area contributed by atoms with E-state index in [1.54, 1.807) is 0 Å². The summed E-state index contributed by atoms with van der Waals surface area (Å²) in [7, 11) is 0. The molecule has 0 bridgehead atoms. The molecule has 0 spiro atoms. The molecule has 2 rings (SSSR count). The highest BCUT2D eigenvalue weighted by Crippen LogP contribution is 2.32. The summed E-state index contributed by atoms with van der Waals surface area (Å²) in [6, 6.07) is -0.445. The average molecular weight is 263 g/mol. The van der Waals surface area contributed by atoms with Crippen molar-refractivity contribution in [3.8, 4) is 0 Å². The summed E-state index contributed by atoms with van der Waals surface area (Å²) in [6.45, 7) is 0. The van der Waals surface area contributed by atoms with Crippen molar-refractivity contribution in [1.29, 1.82) is 0 Å². The number of halogens is 3. The summed E-state index contributed by atoms with van der Waals surface area (Å²) in [4.78, 5) is 3.75. The standard InChI is InChI=1S/C11H16F3N3O/c12-11(13,14)6-8-16-10(18-17-8)9(15)7-4-2-1-3-5-7/h7,9H,1-6,15H2. The third-order valence-corrected chi connectivity index (χ3v) is 3.29. The van der Waals surface area contributed by atoms with E-state index in [4.69, 9.17) is 10.3 Å². The zero-order valence-corrected chi connectivity index (χ0v) is 9.91. The van der Waals surface area contributed by atoms with Crippen LogP contribution in [-0.4, -0.2) is 16.3 Å². The van der Waals surface area contributed by atoms with Crippen LogP contribution in [0.3, 0.4) is 0 Å². The first-order valence-corrected chi connectivity index (χ1v) is 6.10. The fraction of sp³-hybridized carbons (Fsp3) is 0.818. The number of hydrogen-bond donors (Lipinski definition) is 1. The van der Waals surface area contributed by atoms with Gasteiger partial charge in [-0.05, 0) is 18.8 Å². The lowest BCUT2D eigenvalue weighted by molar-refractivity contribution is -0.128. The Bertz CT molecular complexity index is 385. The predicted molar refractivity (Wildman–Crippen MR) is 57.6 cm³/mol. The van der Waals surface area contributed by atoms with Gasteiger partial charge in [0.2, 0.25) is 5.89 Å². The molecule has 1 aliphatic rings. The van der Waals surface area contributed by atoms with Gasteiger partial charge in [0, 0.05) is 0 Å². The monoisotopic (exact) mass is 263 g/mol. The molecule has 1 atom stereocenters. The zero-order chi connectivity index (χ0) is 13.2. The summed E-state index contributed by atoms with van der Waals surface area (Å²) in [6.07, 6.45) is -0.170. The smallest absolute Gasteiger partial charge is 0.338 e. The second-order valence-corrected chi connectivity index (χ2v) is 4.76. The van der Waals surface area contributed by atoms with E-state index in [0.29, 0.717) is 0 Å². The van der Waals surface area contributed by atoms with E-state index in [1.165, 1.54) is 6.42 Å². The van der Waals surface area contributed by atoms with Gasteiger partial charge in [-0.15, -0.1) is 0 Å². The Labute approximate surface area is 103 Å². The molecule has 0 aromatic carbocycles. The van der Waals surface area contributed by atoms with Gasteiger partial charge < -0.3 is 10.3 Å². The van der Waals surface area contributed by atoms with Crippen molar-refractivity contribution in [2.24, 2.45) is 11.7 Å². The second-order valence-electron chi connectivity index (χ2n) is 4.76. The van der Waals surface area contributed by atoms with Crippen LogP contribution in [0.4, 0.5) is 13.2 Å². The SMILES string of the molecule is NC(c1nc(CC(F)(F)F)no1)C1CCCCC1. The first-order valence-electron chi connectivity index (χ1n) is 6.10. The third kappa shape index (κ3) is 3.44. The van der Waals surface area contributed by atoms with Crippen molar-refractivity contribution in [3.63, 3.8) is 0 Å². The van der Waals surface area contributed by atoms with Crippen molar-refractivity contribution in [2.45, 2.75) is 50.7 Å². The van der Waals surface area contributed by atoms with Crippen LogP contribution in [0, 0.1) is 5.92 Å². The molecule has 0 amide bonds. The zero-order valence-electron chi connectivity index (χ0n) is 9.91. The lowest BCUT2D eigenvalue weighted by Crippen LogP contribution is -2.24. The van der Waals surface area contributed by atoms with Crippen LogP contribution in [0.5, 0.6) is 0 Å². The van der Waals surface area contributed by atoms with Crippen LogP contribution in [-0.2, 0) is 6.42 Å². The topological polar surface area (TPSA) is 64.9 Å². The molecular weight excluding hydrogens is 247 g/mol. The Morgan fingerprint density at radius 1 is 1.28 bits per heavy atom. The van der Waals surface area contributed by atoms with Crippen molar-refractivity contribution in [3.05, 3.63) is 11.7 Å². The van der Waals surface area contributed by atoms with Gasteiger partial charge in [0.1, 0.15) is 6.42 Å². The molecule has 1 aromatic heterocycles. The van der Waals surface area contributed by atoms with E-state index in [9.17, 15) is 13.2 Å². The average Bonchev–Trinajstić information content (AvgIpc) is 2.75. The summed E-state index contributed by atoms with van der Waals surface area (Å²) in [5.74, 6) is 0.0165. The third-order valence-electron chi connectivity index (χ3n) is 3.29. The van der Waals surface area contributed by atoms with Crippen molar-refractivity contribution >= 4 is 0 Å². The summed E-state index contributed by atoms with van der Waals surface area (Å²) >= 11 is 0. The predicted octanol–water partition coefficient (Wildman–Crippen LogP) is 2.75. The number of hydrogen-bond acceptors (Lipinski definition) is 4. The van der Waals surface area contributed by atoms with Crippen LogP contribution < -0.4 is 5.73 Å². The molecule has 0 radical (unpaired) electrons. The van der Waals surface area contributed by atoms with E-state index < -0.39 is 18.6 Å². The fourth-order valence-corrected chi connectivity index (χ4v) is 2.35. The summed E-state index contributed by atoms with van der Waals surface area (Å²) < 4.78 is 41.3. The summed E-state index contributed by atoms with van der Waals surface area (Å²) in [5.41, 5.74) is 5.97. The van der Waals surface area contributed by atoms with Gasteiger partial charge in [0.05, 0.1) is 6.04 Å². The quantitative estimate of drug-likeness (QED) is 0.910.